The number of piperazine rings is 1. The van der Waals surface area contributed by atoms with Crippen molar-refractivity contribution in [2.45, 2.75) is 50.3 Å². The van der Waals surface area contributed by atoms with Crippen molar-refractivity contribution in [3.05, 3.63) is 68.6 Å². The first-order valence-corrected chi connectivity index (χ1v) is 16.3. The van der Waals surface area contributed by atoms with Crippen molar-refractivity contribution >= 4 is 46.2 Å². The molecule has 10 nitrogen and oxygen atoms in total. The first kappa shape index (κ1) is 31.0. The molecule has 1 unspecified atom stereocenters. The summed E-state index contributed by atoms with van der Waals surface area (Å²) in [5.41, 5.74) is 2.29. The Morgan fingerprint density at radius 3 is 2.25 bits per heavy atom. The molecule has 0 bridgehead atoms. The van der Waals surface area contributed by atoms with E-state index in [0.717, 1.165) is 55.6 Å². The smallest absolute Gasteiger partial charge is 0.410 e. The van der Waals surface area contributed by atoms with Gasteiger partial charge in [0.05, 0.1) is 21.1 Å². The molecular weight excluding hydrogens is 603 g/mol. The number of benzene rings is 2. The Morgan fingerprint density at radius 1 is 0.864 bits per heavy atom. The maximum atomic E-state index is 13.9. The Morgan fingerprint density at radius 2 is 1.55 bits per heavy atom. The number of rotatable bonds is 6. The predicted octanol–water partition coefficient (Wildman–Crippen LogP) is 4.26. The molecule has 0 saturated carbocycles. The molecular formula is C32H40Cl2N6O4. The number of piperidine rings is 2. The number of hydrogen-bond acceptors (Lipinski definition) is 6. The number of likely N-dealkylation sites (tertiary alicyclic amines) is 2. The van der Waals surface area contributed by atoms with Crippen LogP contribution in [0, 0.1) is 0 Å². The number of fused-ring (bicyclic) bond motifs is 1. The lowest BCUT2D eigenvalue weighted by molar-refractivity contribution is -0.143. The molecule has 3 aromatic rings. The van der Waals surface area contributed by atoms with E-state index in [0.29, 0.717) is 55.1 Å². The Hall–Kier alpha value is -3.05. The van der Waals surface area contributed by atoms with Gasteiger partial charge in [0.2, 0.25) is 0 Å². The molecule has 0 spiro atoms. The maximum absolute atomic E-state index is 13.9. The van der Waals surface area contributed by atoms with Crippen LogP contribution in [-0.2, 0) is 16.0 Å². The van der Waals surface area contributed by atoms with Crippen LogP contribution in [0.25, 0.3) is 11.0 Å². The Balaban J connectivity index is 1.10. The fraction of sp³-hybridized carbons (Fsp3) is 0.531. The van der Waals surface area contributed by atoms with Crippen LogP contribution < -0.4 is 5.69 Å². The number of halogens is 2. The van der Waals surface area contributed by atoms with Gasteiger partial charge in [0.1, 0.15) is 0 Å². The molecule has 6 rings (SSSR count). The fourth-order valence-corrected chi connectivity index (χ4v) is 7.19. The van der Waals surface area contributed by atoms with Crippen LogP contribution in [0.4, 0.5) is 4.79 Å². The van der Waals surface area contributed by atoms with Gasteiger partial charge in [-0.15, -0.1) is 0 Å². The van der Waals surface area contributed by atoms with Gasteiger partial charge in [0.15, 0.2) is 6.10 Å². The van der Waals surface area contributed by atoms with E-state index >= 15 is 0 Å². The molecule has 12 heteroatoms. The van der Waals surface area contributed by atoms with Gasteiger partial charge in [-0.25, -0.2) is 9.59 Å². The molecule has 1 aromatic heterocycles. The molecule has 2 aromatic carbocycles. The minimum absolute atomic E-state index is 0.0304. The average Bonchev–Trinajstić information content (AvgIpc) is 3.38. The van der Waals surface area contributed by atoms with Gasteiger partial charge in [-0.05, 0) is 75.6 Å². The first-order chi connectivity index (χ1) is 21.3. The zero-order chi connectivity index (χ0) is 30.8. The molecule has 0 aliphatic carbocycles. The van der Waals surface area contributed by atoms with Crippen LogP contribution in [0.3, 0.4) is 0 Å². The highest BCUT2D eigenvalue weighted by molar-refractivity contribution is 6.42. The molecule has 1 N–H and O–H groups in total. The van der Waals surface area contributed by atoms with E-state index in [2.05, 4.69) is 21.8 Å². The monoisotopic (exact) mass is 642 g/mol. The van der Waals surface area contributed by atoms with Crippen molar-refractivity contribution < 1.29 is 14.3 Å². The van der Waals surface area contributed by atoms with Crippen LogP contribution in [0.2, 0.25) is 10.0 Å². The van der Waals surface area contributed by atoms with E-state index in [1.165, 1.54) is 0 Å². The van der Waals surface area contributed by atoms with Gasteiger partial charge in [-0.1, -0.05) is 41.4 Å². The molecule has 1 atom stereocenters. The van der Waals surface area contributed by atoms with E-state index in [-0.39, 0.29) is 24.1 Å². The molecule has 2 amide bonds. The lowest BCUT2D eigenvalue weighted by atomic mass is 10.0. The highest BCUT2D eigenvalue weighted by Crippen LogP contribution is 2.27. The van der Waals surface area contributed by atoms with Gasteiger partial charge < -0.3 is 24.4 Å². The van der Waals surface area contributed by atoms with E-state index in [9.17, 15) is 14.4 Å². The highest BCUT2D eigenvalue weighted by Gasteiger charge is 2.35. The Bertz CT molecular complexity index is 1530. The minimum atomic E-state index is -0.983. The number of aromatic nitrogens is 2. The normalized spacial score (nSPS) is 20.2. The second-order valence-electron chi connectivity index (χ2n) is 12.3. The van der Waals surface area contributed by atoms with Crippen LogP contribution in [0.5, 0.6) is 0 Å². The summed E-state index contributed by atoms with van der Waals surface area (Å²) in [7, 11) is 2.16. The molecule has 3 aliphatic rings. The van der Waals surface area contributed by atoms with Gasteiger partial charge in [0.25, 0.3) is 5.91 Å². The van der Waals surface area contributed by atoms with E-state index < -0.39 is 12.2 Å². The van der Waals surface area contributed by atoms with E-state index in [4.69, 9.17) is 27.9 Å². The van der Waals surface area contributed by atoms with Crippen LogP contribution in [0.15, 0.2) is 47.3 Å². The number of ether oxygens (including phenoxy) is 1. The van der Waals surface area contributed by atoms with Crippen LogP contribution in [0.1, 0.15) is 37.3 Å². The van der Waals surface area contributed by atoms with Crippen LogP contribution in [-0.4, -0.2) is 113 Å². The number of H-pyrrole nitrogens is 1. The fourth-order valence-electron chi connectivity index (χ4n) is 6.87. The summed E-state index contributed by atoms with van der Waals surface area (Å²) in [6.45, 7) is 5.89. The minimum Gasteiger partial charge on any atom is -0.436 e. The summed E-state index contributed by atoms with van der Waals surface area (Å²) < 4.78 is 7.77. The quantitative estimate of drug-likeness (QED) is 0.432. The standard InChI is InChI=1S/C32H40Cl2N6O4/c1-36-12-8-23(9-13-36)37-16-18-38(19-17-37)30(41)29(21-22-6-7-25(33)26(34)20-22)44-32(43)39-14-10-24(11-15-39)40-28-5-3-2-4-27(28)35-31(40)42/h2-7,20,23-24,29H,8-19,21H2,1H3,(H,35,42). The summed E-state index contributed by atoms with van der Waals surface area (Å²) in [5, 5.41) is 0.820. The first-order valence-electron chi connectivity index (χ1n) is 15.6. The molecule has 3 saturated heterocycles. The molecule has 4 heterocycles. The van der Waals surface area contributed by atoms with Gasteiger partial charge in [-0.2, -0.15) is 0 Å². The zero-order valence-corrected chi connectivity index (χ0v) is 26.6. The van der Waals surface area contributed by atoms with Gasteiger partial charge in [-0.3, -0.25) is 14.3 Å². The van der Waals surface area contributed by atoms with E-state index in [1.807, 2.05) is 35.2 Å². The number of imidazole rings is 1. The lowest BCUT2D eigenvalue weighted by Gasteiger charge is -2.42. The number of hydrogen-bond donors (Lipinski definition) is 1. The van der Waals surface area contributed by atoms with Crippen molar-refractivity contribution in [2.75, 3.05) is 59.4 Å². The second kappa shape index (κ2) is 13.5. The molecule has 236 valence electrons. The third kappa shape index (κ3) is 6.78. The summed E-state index contributed by atoms with van der Waals surface area (Å²) >= 11 is 12.4. The van der Waals surface area contributed by atoms with Crippen molar-refractivity contribution in [1.82, 2.24) is 29.2 Å². The molecule has 0 radical (unpaired) electrons. The average molecular weight is 644 g/mol. The number of carbonyl (C=O) groups is 2. The van der Waals surface area contributed by atoms with Gasteiger partial charge in [0, 0.05) is 57.8 Å². The van der Waals surface area contributed by atoms with Crippen molar-refractivity contribution in [3.8, 4) is 0 Å². The number of amides is 2. The largest absolute Gasteiger partial charge is 0.436 e. The van der Waals surface area contributed by atoms with Crippen molar-refractivity contribution in [3.63, 3.8) is 0 Å². The Labute approximate surface area is 267 Å². The highest BCUT2D eigenvalue weighted by atomic mass is 35.5. The number of aromatic amines is 1. The summed E-state index contributed by atoms with van der Waals surface area (Å²) in [4.78, 5) is 51.3. The van der Waals surface area contributed by atoms with Gasteiger partial charge >= 0.3 is 11.8 Å². The summed E-state index contributed by atoms with van der Waals surface area (Å²) in [5.74, 6) is -0.187. The van der Waals surface area contributed by atoms with Crippen molar-refractivity contribution in [2.24, 2.45) is 0 Å². The third-order valence-electron chi connectivity index (χ3n) is 9.47. The summed E-state index contributed by atoms with van der Waals surface area (Å²) in [6, 6.07) is 13.4. The van der Waals surface area contributed by atoms with Crippen LogP contribution >= 0.6 is 23.2 Å². The predicted molar refractivity (Wildman–Crippen MR) is 172 cm³/mol. The number of nitrogens with zero attached hydrogens (tertiary/aromatic N) is 5. The zero-order valence-electron chi connectivity index (χ0n) is 25.1. The second-order valence-corrected chi connectivity index (χ2v) is 13.1. The van der Waals surface area contributed by atoms with E-state index in [1.54, 1.807) is 21.6 Å². The number of nitrogens with one attached hydrogen (secondary N) is 1. The number of carbonyl (C=O) groups excluding carboxylic acids is 2. The summed E-state index contributed by atoms with van der Waals surface area (Å²) in [6.07, 6.45) is 2.23. The molecule has 44 heavy (non-hydrogen) atoms. The maximum Gasteiger partial charge on any atom is 0.410 e. The number of para-hydroxylation sites is 2. The van der Waals surface area contributed by atoms with Crippen molar-refractivity contribution in [1.29, 1.82) is 0 Å². The molecule has 3 aliphatic heterocycles. The SMILES string of the molecule is CN1CCC(N2CCN(C(=O)C(Cc3ccc(Cl)c(Cl)c3)OC(=O)N3CCC(n4c(=O)[nH]c5ccccc54)CC3)CC2)CC1. The topological polar surface area (TPSA) is 94.1 Å². The molecule has 3 fully saturated rings. The Kier molecular flexibility index (Phi) is 9.51. The third-order valence-corrected chi connectivity index (χ3v) is 10.2. The lowest BCUT2D eigenvalue weighted by Crippen LogP contribution is -2.56.